The normalized spacial score (nSPS) is 14.8. The molecule has 1 rings (SSSR count). The maximum absolute atomic E-state index is 12.2. The summed E-state index contributed by atoms with van der Waals surface area (Å²) in [5.74, 6) is 0.120. The van der Waals surface area contributed by atoms with Crippen LogP contribution in [0.1, 0.15) is 58.6 Å². The van der Waals surface area contributed by atoms with Crippen molar-refractivity contribution in [3.8, 4) is 0 Å². The minimum atomic E-state index is -1.37. The largest absolute Gasteiger partial charge is 0.274 e. The van der Waals surface area contributed by atoms with Crippen molar-refractivity contribution < 1.29 is 9.00 Å². The first-order chi connectivity index (χ1) is 9.61. The van der Waals surface area contributed by atoms with E-state index in [9.17, 15) is 9.00 Å². The highest BCUT2D eigenvalue weighted by Crippen LogP contribution is 2.19. The Labute approximate surface area is 131 Å². The molecular weight excluding hydrogens is 282 g/mol. The van der Waals surface area contributed by atoms with Crippen LogP contribution in [0.5, 0.6) is 0 Å². The first-order valence-corrected chi connectivity index (χ1v) is 8.57. The number of hydrogen-bond acceptors (Lipinski definition) is 2. The van der Waals surface area contributed by atoms with Crippen molar-refractivity contribution in [1.82, 2.24) is 4.72 Å². The zero-order chi connectivity index (χ0) is 16.2. The highest BCUT2D eigenvalue weighted by atomic mass is 32.2. The van der Waals surface area contributed by atoms with Crippen LogP contribution in [0, 0.1) is 5.92 Å². The highest BCUT2D eigenvalue weighted by Gasteiger charge is 2.24. The third-order valence-electron chi connectivity index (χ3n) is 3.27. The van der Waals surface area contributed by atoms with Gasteiger partial charge in [-0.25, -0.2) is 4.21 Å². The van der Waals surface area contributed by atoms with Crippen molar-refractivity contribution in [3.63, 3.8) is 0 Å². The number of hydrogen-bond donors (Lipinski definition) is 1. The average Bonchev–Trinajstić information content (AvgIpc) is 2.36. The van der Waals surface area contributed by atoms with Crippen LogP contribution in [-0.4, -0.2) is 14.9 Å². The van der Waals surface area contributed by atoms with Gasteiger partial charge < -0.3 is 0 Å². The first kappa shape index (κ1) is 17.9. The molecule has 4 heteroatoms. The van der Waals surface area contributed by atoms with Gasteiger partial charge in [-0.05, 0) is 51.2 Å². The van der Waals surface area contributed by atoms with Crippen LogP contribution in [0.4, 0.5) is 0 Å². The Morgan fingerprint density at radius 1 is 1.14 bits per heavy atom. The van der Waals surface area contributed by atoms with Gasteiger partial charge >= 0.3 is 0 Å². The lowest BCUT2D eigenvalue weighted by Gasteiger charge is -2.20. The van der Waals surface area contributed by atoms with E-state index in [0.717, 1.165) is 12.0 Å². The van der Waals surface area contributed by atoms with Crippen molar-refractivity contribution in [1.29, 1.82) is 0 Å². The van der Waals surface area contributed by atoms with E-state index in [0.29, 0.717) is 5.92 Å². The molecule has 0 aliphatic rings. The zero-order valence-corrected chi connectivity index (χ0v) is 14.7. The molecule has 0 bridgehead atoms. The van der Waals surface area contributed by atoms with Gasteiger partial charge in [-0.15, -0.1) is 0 Å². The highest BCUT2D eigenvalue weighted by molar-refractivity contribution is 7.85. The summed E-state index contributed by atoms with van der Waals surface area (Å²) >= 11 is 0. The van der Waals surface area contributed by atoms with Crippen LogP contribution in [0.25, 0.3) is 0 Å². The molecule has 0 unspecified atom stereocenters. The molecule has 118 valence electrons. The molecule has 0 radical (unpaired) electrons. The van der Waals surface area contributed by atoms with Crippen molar-refractivity contribution in [3.05, 3.63) is 35.4 Å². The van der Waals surface area contributed by atoms with Gasteiger partial charge in [0, 0.05) is 0 Å². The van der Waals surface area contributed by atoms with Crippen molar-refractivity contribution >= 4 is 16.9 Å². The van der Waals surface area contributed by atoms with Crippen LogP contribution in [-0.2, 0) is 22.2 Å². The second kappa shape index (κ2) is 7.21. The average molecular weight is 309 g/mol. The van der Waals surface area contributed by atoms with Crippen molar-refractivity contribution in [2.45, 2.75) is 58.6 Å². The topological polar surface area (TPSA) is 46.2 Å². The van der Waals surface area contributed by atoms with E-state index < -0.39 is 15.7 Å². The number of carbonyl (C=O) groups is 1. The Morgan fingerprint density at radius 3 is 2.10 bits per heavy atom. The second-order valence-corrected chi connectivity index (χ2v) is 8.87. The number of rotatable bonds is 5. The van der Waals surface area contributed by atoms with E-state index in [1.807, 2.05) is 39.8 Å². The third kappa shape index (κ3) is 5.62. The Morgan fingerprint density at radius 2 is 1.67 bits per heavy atom. The maximum Gasteiger partial charge on any atom is 0.238 e. The van der Waals surface area contributed by atoms with Gasteiger partial charge in [0.1, 0.15) is 11.0 Å². The molecule has 0 heterocycles. The molecule has 1 N–H and O–H groups in total. The Kier molecular flexibility index (Phi) is 6.14. The minimum absolute atomic E-state index is 0.195. The quantitative estimate of drug-likeness (QED) is 0.904. The van der Waals surface area contributed by atoms with E-state index in [1.165, 1.54) is 5.56 Å². The van der Waals surface area contributed by atoms with E-state index in [4.69, 9.17) is 0 Å². The SMILES string of the molecule is CC(C)Cc1ccc([C@@H](C)C(=O)N[S@](=O)C(C)(C)C)cc1. The van der Waals surface area contributed by atoms with Crippen molar-refractivity contribution in [2.24, 2.45) is 5.92 Å². The molecule has 0 aliphatic heterocycles. The molecule has 21 heavy (non-hydrogen) atoms. The van der Waals surface area contributed by atoms with Gasteiger partial charge in [-0.2, -0.15) is 0 Å². The van der Waals surface area contributed by atoms with E-state index >= 15 is 0 Å². The predicted octanol–water partition coefficient (Wildman–Crippen LogP) is 3.57. The van der Waals surface area contributed by atoms with E-state index in [2.05, 4.69) is 30.7 Å². The predicted molar refractivity (Wildman–Crippen MR) is 89.4 cm³/mol. The molecule has 0 spiro atoms. The van der Waals surface area contributed by atoms with Gasteiger partial charge in [0.05, 0.1) is 10.7 Å². The molecule has 0 saturated heterocycles. The van der Waals surface area contributed by atoms with E-state index in [1.54, 1.807) is 0 Å². The van der Waals surface area contributed by atoms with Crippen LogP contribution in [0.3, 0.4) is 0 Å². The zero-order valence-electron chi connectivity index (χ0n) is 13.9. The van der Waals surface area contributed by atoms with Crippen LogP contribution in [0.2, 0.25) is 0 Å². The van der Waals surface area contributed by atoms with Gasteiger partial charge in [-0.1, -0.05) is 38.1 Å². The standard InChI is InChI=1S/C17H27NO2S/c1-12(2)11-14-7-9-15(10-8-14)13(3)16(19)18-21(20)17(4,5)6/h7-10,12-13H,11H2,1-6H3,(H,18,19)/t13-,21-/m1/s1. The first-order valence-electron chi connectivity index (χ1n) is 7.42. The lowest BCUT2D eigenvalue weighted by molar-refractivity contribution is -0.120. The van der Waals surface area contributed by atoms with Gasteiger partial charge in [-0.3, -0.25) is 9.52 Å². The summed E-state index contributed by atoms with van der Waals surface area (Å²) < 4.78 is 14.1. The fourth-order valence-electron chi connectivity index (χ4n) is 1.90. The van der Waals surface area contributed by atoms with Gasteiger partial charge in [0.15, 0.2) is 0 Å². The second-order valence-electron chi connectivity index (χ2n) is 6.91. The van der Waals surface area contributed by atoms with E-state index in [-0.39, 0.29) is 11.8 Å². The summed E-state index contributed by atoms with van der Waals surface area (Å²) in [6.45, 7) is 11.7. The van der Waals surface area contributed by atoms with Gasteiger partial charge in [0.25, 0.3) is 0 Å². The summed E-state index contributed by atoms with van der Waals surface area (Å²) in [5.41, 5.74) is 2.23. The monoisotopic (exact) mass is 309 g/mol. The Hall–Kier alpha value is -1.16. The third-order valence-corrected chi connectivity index (χ3v) is 4.77. The van der Waals surface area contributed by atoms with Crippen LogP contribution < -0.4 is 4.72 Å². The Balaban J connectivity index is 2.72. The molecule has 1 aromatic carbocycles. The van der Waals surface area contributed by atoms with Crippen LogP contribution in [0.15, 0.2) is 24.3 Å². The molecule has 3 nitrogen and oxygen atoms in total. The number of benzene rings is 1. The molecule has 0 aliphatic carbocycles. The molecule has 0 fully saturated rings. The molecule has 0 saturated carbocycles. The number of carbonyl (C=O) groups excluding carboxylic acids is 1. The van der Waals surface area contributed by atoms with Crippen molar-refractivity contribution in [2.75, 3.05) is 0 Å². The summed E-state index contributed by atoms with van der Waals surface area (Å²) in [6, 6.07) is 8.11. The summed E-state index contributed by atoms with van der Waals surface area (Å²) in [5, 5.41) is 0. The molecule has 0 aromatic heterocycles. The lowest BCUT2D eigenvalue weighted by atomic mass is 9.96. The maximum atomic E-state index is 12.2. The van der Waals surface area contributed by atoms with Gasteiger partial charge in [0.2, 0.25) is 5.91 Å². The molecule has 2 atom stereocenters. The molecule has 1 aromatic rings. The Bertz CT molecular complexity index is 501. The smallest absolute Gasteiger partial charge is 0.238 e. The number of amides is 1. The fourth-order valence-corrected chi connectivity index (χ4v) is 2.56. The summed E-state index contributed by atoms with van der Waals surface area (Å²) in [4.78, 5) is 12.2. The van der Waals surface area contributed by atoms with Crippen LogP contribution >= 0.6 is 0 Å². The lowest BCUT2D eigenvalue weighted by Crippen LogP contribution is -2.39. The molecular formula is C17H27NO2S. The molecule has 1 amide bonds. The number of nitrogens with one attached hydrogen (secondary N) is 1. The fraction of sp³-hybridized carbons (Fsp3) is 0.588. The minimum Gasteiger partial charge on any atom is -0.274 e. The summed E-state index contributed by atoms with van der Waals surface area (Å²) in [6.07, 6.45) is 1.04. The summed E-state index contributed by atoms with van der Waals surface area (Å²) in [7, 11) is -1.37.